The lowest BCUT2D eigenvalue weighted by Gasteiger charge is -2.39. The quantitative estimate of drug-likeness (QED) is 0.257. The molecule has 0 amide bonds. The molecule has 0 heterocycles. The Hall–Kier alpha value is -2.14. The van der Waals surface area contributed by atoms with Crippen molar-refractivity contribution in [3.05, 3.63) is 64.3 Å². The summed E-state index contributed by atoms with van der Waals surface area (Å²) in [5.41, 5.74) is 5.49. The van der Waals surface area contributed by atoms with E-state index in [-0.39, 0.29) is 11.4 Å². The average molecular weight is 487 g/mol. The van der Waals surface area contributed by atoms with Crippen LogP contribution in [0.1, 0.15) is 85.6 Å². The molecule has 1 aliphatic carbocycles. The maximum Gasteiger partial charge on any atom is 0.302 e. The molecule has 188 valence electrons. The Kier molecular flexibility index (Phi) is 9.93. The van der Waals surface area contributed by atoms with Crippen molar-refractivity contribution in [3.8, 4) is 0 Å². The smallest absolute Gasteiger partial charge is 0.302 e. The first kappa shape index (κ1) is 28.1. The van der Waals surface area contributed by atoms with Gasteiger partial charge in [-0.25, -0.2) is 8.42 Å². The third-order valence-corrected chi connectivity index (χ3v) is 8.93. The molecule has 0 radical (unpaired) electrons. The van der Waals surface area contributed by atoms with Gasteiger partial charge in [-0.3, -0.25) is 4.79 Å². The summed E-state index contributed by atoms with van der Waals surface area (Å²) in [7, 11) is -3.54. The lowest BCUT2D eigenvalue weighted by atomic mass is 9.70. The van der Waals surface area contributed by atoms with E-state index in [4.69, 9.17) is 4.74 Å². The first-order chi connectivity index (χ1) is 15.8. The molecule has 0 spiro atoms. The Morgan fingerprint density at radius 1 is 1.06 bits per heavy atom. The molecule has 0 aromatic heterocycles. The first-order valence-electron chi connectivity index (χ1n) is 12.3. The van der Waals surface area contributed by atoms with Gasteiger partial charge in [0, 0.05) is 6.92 Å². The molecule has 4 nitrogen and oxygen atoms in total. The highest BCUT2D eigenvalue weighted by Crippen LogP contribution is 2.46. The Labute approximate surface area is 207 Å². The second-order valence-corrected chi connectivity index (χ2v) is 12.6. The van der Waals surface area contributed by atoms with E-state index in [0.717, 1.165) is 54.4 Å². The Morgan fingerprint density at radius 3 is 2.29 bits per heavy atom. The number of carbonyl (C=O) groups excluding carboxylic acids is 1. The molecule has 0 aliphatic heterocycles. The molecule has 1 unspecified atom stereocenters. The van der Waals surface area contributed by atoms with Crippen molar-refractivity contribution in [3.63, 3.8) is 0 Å². The lowest BCUT2D eigenvalue weighted by molar-refractivity contribution is -0.139. The maximum atomic E-state index is 14.0. The van der Waals surface area contributed by atoms with Crippen molar-refractivity contribution >= 4 is 15.8 Å². The molecule has 5 heteroatoms. The Bertz CT molecular complexity index is 1050. The highest BCUT2D eigenvalue weighted by Gasteiger charge is 2.40. The highest BCUT2D eigenvalue weighted by molar-refractivity contribution is 7.92. The van der Waals surface area contributed by atoms with E-state index in [0.29, 0.717) is 17.9 Å². The van der Waals surface area contributed by atoms with E-state index in [1.165, 1.54) is 12.5 Å². The molecule has 0 bridgehead atoms. The largest absolute Gasteiger partial charge is 0.462 e. The van der Waals surface area contributed by atoms with Crippen LogP contribution in [-0.4, -0.2) is 26.2 Å². The second-order valence-electron chi connectivity index (χ2n) is 10.4. The number of benzene rings is 1. The van der Waals surface area contributed by atoms with Crippen molar-refractivity contribution in [2.24, 2.45) is 5.41 Å². The van der Waals surface area contributed by atoms with Gasteiger partial charge in [0.15, 0.2) is 9.84 Å². The summed E-state index contributed by atoms with van der Waals surface area (Å²) in [6.45, 7) is 14.2. The van der Waals surface area contributed by atoms with Crippen LogP contribution >= 0.6 is 0 Å². The van der Waals surface area contributed by atoms with Crippen molar-refractivity contribution in [2.45, 2.75) is 97.1 Å². The molecule has 1 aliphatic rings. The molecule has 1 aromatic rings. The molecule has 34 heavy (non-hydrogen) atoms. The standard InChI is InChI=1S/C29H42O4S/c1-21(17-19-33-25(5)30)10-8-11-23(3)20-27(28-24(4)12-9-18-29(28,6)7)34(31,32)26-15-13-22(2)14-16-26/h11,13-17,27H,8-10,12,18-20H2,1-7H3/b21-17+,23-11+. The molecular formula is C29H42O4S. The normalized spacial score (nSPS) is 18.1. The number of rotatable bonds is 10. The monoisotopic (exact) mass is 486 g/mol. The fourth-order valence-corrected chi connectivity index (χ4v) is 7.09. The third kappa shape index (κ3) is 7.69. The minimum absolute atomic E-state index is 0.138. The van der Waals surface area contributed by atoms with E-state index < -0.39 is 15.1 Å². The maximum absolute atomic E-state index is 14.0. The fourth-order valence-electron chi connectivity index (χ4n) is 4.94. The van der Waals surface area contributed by atoms with Crippen LogP contribution in [0.15, 0.2) is 63.6 Å². The van der Waals surface area contributed by atoms with Gasteiger partial charge in [0.2, 0.25) is 0 Å². The first-order valence-corrected chi connectivity index (χ1v) is 13.8. The van der Waals surface area contributed by atoms with Crippen LogP contribution < -0.4 is 0 Å². The van der Waals surface area contributed by atoms with Gasteiger partial charge in [-0.05, 0) is 95.4 Å². The van der Waals surface area contributed by atoms with E-state index in [1.54, 1.807) is 12.1 Å². The zero-order valence-corrected chi connectivity index (χ0v) is 22.8. The van der Waals surface area contributed by atoms with Gasteiger partial charge in [-0.1, -0.05) is 54.3 Å². The molecule has 0 N–H and O–H groups in total. The molecule has 0 saturated carbocycles. The predicted molar refractivity (Wildman–Crippen MR) is 140 cm³/mol. The topological polar surface area (TPSA) is 60.4 Å². The number of hydrogen-bond donors (Lipinski definition) is 0. The molecular weight excluding hydrogens is 444 g/mol. The molecule has 0 fully saturated rings. The number of esters is 1. The summed E-state index contributed by atoms with van der Waals surface area (Å²) >= 11 is 0. The van der Waals surface area contributed by atoms with E-state index in [9.17, 15) is 13.2 Å². The van der Waals surface area contributed by atoms with Crippen LogP contribution in [0.2, 0.25) is 0 Å². The minimum Gasteiger partial charge on any atom is -0.462 e. The number of hydrogen-bond acceptors (Lipinski definition) is 4. The SMILES string of the molecule is CC(=O)OC/C=C(\C)CC/C=C(\C)CC(C1=C(C)CCCC1(C)C)S(=O)(=O)c1ccc(C)cc1. The van der Waals surface area contributed by atoms with Gasteiger partial charge < -0.3 is 4.74 Å². The summed E-state index contributed by atoms with van der Waals surface area (Å²) in [6.07, 6.45) is 9.34. The van der Waals surface area contributed by atoms with E-state index in [2.05, 4.69) is 26.8 Å². The van der Waals surface area contributed by atoms with Crippen LogP contribution in [0.5, 0.6) is 0 Å². The van der Waals surface area contributed by atoms with Crippen LogP contribution in [0.4, 0.5) is 0 Å². The van der Waals surface area contributed by atoms with Gasteiger partial charge in [0.05, 0.1) is 10.1 Å². The van der Waals surface area contributed by atoms with Crippen LogP contribution in [-0.2, 0) is 19.4 Å². The zero-order chi connectivity index (χ0) is 25.5. The average Bonchev–Trinajstić information content (AvgIpc) is 2.72. The van der Waals surface area contributed by atoms with E-state index >= 15 is 0 Å². The third-order valence-electron chi connectivity index (χ3n) is 6.85. The van der Waals surface area contributed by atoms with Crippen molar-refractivity contribution in [2.75, 3.05) is 6.61 Å². The van der Waals surface area contributed by atoms with Crippen LogP contribution in [0, 0.1) is 12.3 Å². The zero-order valence-electron chi connectivity index (χ0n) is 22.0. The minimum atomic E-state index is -3.54. The summed E-state index contributed by atoms with van der Waals surface area (Å²) in [5.74, 6) is -0.282. The fraction of sp³-hybridized carbons (Fsp3) is 0.552. The number of ether oxygens (including phenoxy) is 1. The molecule has 1 aromatic carbocycles. The highest BCUT2D eigenvalue weighted by atomic mass is 32.2. The van der Waals surface area contributed by atoms with Crippen molar-refractivity contribution in [1.82, 2.24) is 0 Å². The Morgan fingerprint density at radius 2 is 1.71 bits per heavy atom. The van der Waals surface area contributed by atoms with Gasteiger partial charge >= 0.3 is 5.97 Å². The molecule has 1 atom stereocenters. The van der Waals surface area contributed by atoms with Crippen molar-refractivity contribution in [1.29, 1.82) is 0 Å². The van der Waals surface area contributed by atoms with Gasteiger partial charge in [-0.2, -0.15) is 0 Å². The van der Waals surface area contributed by atoms with Gasteiger partial charge in [0.1, 0.15) is 6.61 Å². The number of aryl methyl sites for hydroxylation is 1. The number of allylic oxidation sites excluding steroid dienone is 4. The summed E-state index contributed by atoms with van der Waals surface area (Å²) in [6, 6.07) is 7.26. The molecule has 0 saturated heterocycles. The lowest BCUT2D eigenvalue weighted by Crippen LogP contribution is -2.34. The molecule has 2 rings (SSSR count). The predicted octanol–water partition coefficient (Wildman–Crippen LogP) is 7.29. The number of carbonyl (C=O) groups is 1. The van der Waals surface area contributed by atoms with Crippen LogP contribution in [0.3, 0.4) is 0 Å². The van der Waals surface area contributed by atoms with Gasteiger partial charge in [-0.15, -0.1) is 0 Å². The van der Waals surface area contributed by atoms with Gasteiger partial charge in [0.25, 0.3) is 0 Å². The second kappa shape index (κ2) is 12.0. The van der Waals surface area contributed by atoms with Crippen molar-refractivity contribution < 1.29 is 17.9 Å². The Balaban J connectivity index is 2.31. The van der Waals surface area contributed by atoms with E-state index in [1.807, 2.05) is 39.0 Å². The summed E-state index contributed by atoms with van der Waals surface area (Å²) in [5, 5.41) is -0.553. The van der Waals surface area contributed by atoms with Crippen LogP contribution in [0.25, 0.3) is 0 Å². The summed E-state index contributed by atoms with van der Waals surface area (Å²) < 4.78 is 32.9. The number of sulfone groups is 1. The summed E-state index contributed by atoms with van der Waals surface area (Å²) in [4.78, 5) is 11.3.